The van der Waals surface area contributed by atoms with Crippen molar-refractivity contribution >= 4 is 26.5 Å². The number of nitrogens with one attached hydrogen (secondary N) is 2. The summed E-state index contributed by atoms with van der Waals surface area (Å²) in [6.07, 6.45) is -1.12. The van der Waals surface area contributed by atoms with Gasteiger partial charge in [0, 0.05) is 6.04 Å². The fourth-order valence-corrected chi connectivity index (χ4v) is 2.74. The molecule has 2 unspecified atom stereocenters. The van der Waals surface area contributed by atoms with Crippen molar-refractivity contribution < 1.29 is 28.3 Å². The minimum Gasteiger partial charge on any atom is -0.518 e. The van der Waals surface area contributed by atoms with Crippen LogP contribution in [0, 0.1) is 0 Å². The molecule has 2 amide bonds. The normalized spacial score (nSPS) is 14.0. The van der Waals surface area contributed by atoms with Gasteiger partial charge >= 0.3 is 18.2 Å². The number of amides is 2. The Labute approximate surface area is 157 Å². The average molecular weight is 391 g/mol. The summed E-state index contributed by atoms with van der Waals surface area (Å²) in [5.74, 6) is -0.526. The third-order valence-corrected chi connectivity index (χ3v) is 8.57. The summed E-state index contributed by atoms with van der Waals surface area (Å²) in [6.45, 7) is 15.5. The average Bonchev–Trinajstić information content (AvgIpc) is 2.45. The molecule has 0 aliphatic heterocycles. The molecular weight excluding hydrogens is 356 g/mol. The van der Waals surface area contributed by atoms with Crippen LogP contribution in [0.5, 0.6) is 0 Å². The molecule has 0 fully saturated rings. The first-order chi connectivity index (χ1) is 11.8. The van der Waals surface area contributed by atoms with E-state index in [0.29, 0.717) is 0 Å². The van der Waals surface area contributed by atoms with Crippen LogP contribution in [0.4, 0.5) is 9.59 Å². The highest BCUT2D eigenvalue weighted by Crippen LogP contribution is 2.36. The van der Waals surface area contributed by atoms with Gasteiger partial charge in [-0.25, -0.2) is 9.59 Å². The largest absolute Gasteiger partial charge is 0.518 e. The highest BCUT2D eigenvalue weighted by Gasteiger charge is 2.42. The summed E-state index contributed by atoms with van der Waals surface area (Å²) in [6, 6.07) is -1.34. The molecule has 2 N–H and O–H groups in total. The highest BCUT2D eigenvalue weighted by molar-refractivity contribution is 6.75. The lowest BCUT2D eigenvalue weighted by atomic mass is 10.1. The Kier molecular flexibility index (Phi) is 9.68. The zero-order valence-corrected chi connectivity index (χ0v) is 18.2. The van der Waals surface area contributed by atoms with E-state index in [4.69, 9.17) is 13.9 Å². The molecule has 0 bridgehead atoms. The Morgan fingerprint density at radius 1 is 0.962 bits per heavy atom. The van der Waals surface area contributed by atoms with Gasteiger partial charge < -0.3 is 24.5 Å². The van der Waals surface area contributed by atoms with Crippen molar-refractivity contribution in [2.75, 3.05) is 13.2 Å². The van der Waals surface area contributed by atoms with Crippen LogP contribution in [0.2, 0.25) is 18.1 Å². The van der Waals surface area contributed by atoms with E-state index >= 15 is 0 Å². The topological polar surface area (TPSA) is 103 Å². The quantitative estimate of drug-likeness (QED) is 0.617. The number of ether oxygens (including phenoxy) is 2. The Bertz CT molecular complexity index is 490. The van der Waals surface area contributed by atoms with Gasteiger partial charge in [-0.1, -0.05) is 20.8 Å². The van der Waals surface area contributed by atoms with Crippen LogP contribution in [-0.4, -0.2) is 51.8 Å². The zero-order valence-electron chi connectivity index (χ0n) is 17.2. The smallest absolute Gasteiger partial charge is 0.407 e. The van der Waals surface area contributed by atoms with Gasteiger partial charge in [0.1, 0.15) is 6.04 Å². The predicted octanol–water partition coefficient (Wildman–Crippen LogP) is 3.17. The molecule has 0 spiro atoms. The van der Waals surface area contributed by atoms with Crippen molar-refractivity contribution in [1.82, 2.24) is 10.6 Å². The zero-order chi connectivity index (χ0) is 20.5. The molecular formula is C17H34N2O6Si. The lowest BCUT2D eigenvalue weighted by Gasteiger charge is -2.36. The number of rotatable bonds is 8. The number of hydrogen-bond acceptors (Lipinski definition) is 6. The van der Waals surface area contributed by atoms with Crippen LogP contribution in [0.15, 0.2) is 0 Å². The molecule has 0 aliphatic carbocycles. The second-order valence-corrected chi connectivity index (χ2v) is 12.3. The summed E-state index contributed by atoms with van der Waals surface area (Å²) in [5, 5.41) is 4.98. The maximum atomic E-state index is 12.7. The van der Waals surface area contributed by atoms with Crippen molar-refractivity contribution in [2.45, 2.75) is 78.2 Å². The number of hydrogen-bond donors (Lipinski definition) is 2. The number of alkyl carbamates (subject to hydrolysis) is 2. The Morgan fingerprint density at radius 2 is 1.42 bits per heavy atom. The van der Waals surface area contributed by atoms with E-state index in [-0.39, 0.29) is 24.7 Å². The third kappa shape index (κ3) is 8.55. The van der Waals surface area contributed by atoms with Crippen LogP contribution in [0.1, 0.15) is 48.0 Å². The predicted molar refractivity (Wildman–Crippen MR) is 101 cm³/mol. The van der Waals surface area contributed by atoms with Crippen LogP contribution in [0.25, 0.3) is 0 Å². The molecule has 8 nitrogen and oxygen atoms in total. The van der Waals surface area contributed by atoms with Crippen LogP contribution in [-0.2, 0) is 18.7 Å². The standard InChI is InChI=1S/C17H34N2O6Si/c1-9-23-15(21)18-12(3)11-13(19-16(22)24-10-2)14(20)25-26(7,8)17(4,5)6/h12-13H,9-11H2,1-8H3,(H,18,21)(H,19,22). The lowest BCUT2D eigenvalue weighted by molar-refractivity contribution is -0.138. The maximum absolute atomic E-state index is 12.7. The first kappa shape index (κ1) is 24.2. The molecule has 0 rings (SSSR count). The molecule has 0 saturated carbocycles. The fraction of sp³-hybridized carbons (Fsp3) is 0.824. The second kappa shape index (κ2) is 10.4. The van der Waals surface area contributed by atoms with Gasteiger partial charge in [0.05, 0.1) is 13.2 Å². The summed E-state index contributed by atoms with van der Waals surface area (Å²) in [7, 11) is -2.35. The second-order valence-electron chi connectivity index (χ2n) is 7.60. The summed E-state index contributed by atoms with van der Waals surface area (Å²) in [5.41, 5.74) is 0. The molecule has 0 aromatic carbocycles. The maximum Gasteiger partial charge on any atom is 0.407 e. The summed E-state index contributed by atoms with van der Waals surface area (Å²) >= 11 is 0. The molecule has 9 heteroatoms. The van der Waals surface area contributed by atoms with Crippen LogP contribution < -0.4 is 10.6 Å². The number of carbonyl (C=O) groups is 3. The molecule has 0 aromatic heterocycles. The Hall–Kier alpha value is -1.77. The highest BCUT2D eigenvalue weighted by atomic mass is 28.4. The van der Waals surface area contributed by atoms with Gasteiger partial charge in [0.15, 0.2) is 0 Å². The van der Waals surface area contributed by atoms with E-state index in [1.807, 2.05) is 33.9 Å². The molecule has 0 heterocycles. The molecule has 0 aromatic rings. The van der Waals surface area contributed by atoms with E-state index in [1.165, 1.54) is 0 Å². The van der Waals surface area contributed by atoms with Gasteiger partial charge in [0.2, 0.25) is 0 Å². The van der Waals surface area contributed by atoms with Gasteiger partial charge in [0.25, 0.3) is 8.32 Å². The van der Waals surface area contributed by atoms with E-state index in [0.717, 1.165) is 0 Å². The first-order valence-electron chi connectivity index (χ1n) is 8.93. The molecule has 0 aliphatic rings. The molecule has 2 atom stereocenters. The summed E-state index contributed by atoms with van der Waals surface area (Å²) in [4.78, 5) is 36.0. The number of carbonyl (C=O) groups excluding carboxylic acids is 3. The van der Waals surface area contributed by atoms with Crippen molar-refractivity contribution in [2.24, 2.45) is 0 Å². The molecule has 0 radical (unpaired) electrons. The first-order valence-corrected chi connectivity index (χ1v) is 11.8. The van der Waals surface area contributed by atoms with Crippen molar-refractivity contribution in [3.8, 4) is 0 Å². The van der Waals surface area contributed by atoms with Crippen LogP contribution in [0.3, 0.4) is 0 Å². The van der Waals surface area contributed by atoms with E-state index in [9.17, 15) is 14.4 Å². The summed E-state index contributed by atoms with van der Waals surface area (Å²) < 4.78 is 15.5. The van der Waals surface area contributed by atoms with E-state index in [1.54, 1.807) is 20.8 Å². The minimum atomic E-state index is -2.35. The van der Waals surface area contributed by atoms with Gasteiger partial charge in [-0.15, -0.1) is 0 Å². The minimum absolute atomic E-state index is 0.158. The SMILES string of the molecule is CCOC(=O)NC(C)CC(NC(=O)OCC)C(=O)O[Si](C)(C)C(C)(C)C. The van der Waals surface area contributed by atoms with Crippen molar-refractivity contribution in [3.63, 3.8) is 0 Å². The molecule has 26 heavy (non-hydrogen) atoms. The lowest BCUT2D eigenvalue weighted by Crippen LogP contribution is -2.51. The van der Waals surface area contributed by atoms with Gasteiger partial charge in [-0.3, -0.25) is 4.79 Å². The van der Waals surface area contributed by atoms with Gasteiger partial charge in [-0.05, 0) is 45.3 Å². The van der Waals surface area contributed by atoms with E-state index < -0.39 is 38.6 Å². The monoisotopic (exact) mass is 390 g/mol. The Balaban J connectivity index is 5.12. The van der Waals surface area contributed by atoms with Gasteiger partial charge in [-0.2, -0.15) is 0 Å². The molecule has 0 saturated heterocycles. The van der Waals surface area contributed by atoms with Crippen molar-refractivity contribution in [3.05, 3.63) is 0 Å². The third-order valence-electron chi connectivity index (χ3n) is 4.24. The fourth-order valence-electron chi connectivity index (χ4n) is 1.79. The van der Waals surface area contributed by atoms with Crippen molar-refractivity contribution in [1.29, 1.82) is 0 Å². The van der Waals surface area contributed by atoms with E-state index in [2.05, 4.69) is 10.6 Å². The molecule has 152 valence electrons. The Morgan fingerprint density at radius 3 is 1.85 bits per heavy atom. The van der Waals surface area contributed by atoms with Crippen LogP contribution >= 0.6 is 0 Å².